The molecule has 0 radical (unpaired) electrons. The van der Waals surface area contributed by atoms with Crippen LogP contribution in [0.25, 0.3) is 21.8 Å². The van der Waals surface area contributed by atoms with Gasteiger partial charge in [-0.1, -0.05) is 0 Å². The lowest BCUT2D eigenvalue weighted by Gasteiger charge is -2.28. The predicted octanol–water partition coefficient (Wildman–Crippen LogP) is 3.82. The molecule has 0 aliphatic carbocycles. The largest absolute Gasteiger partial charge is 0.338 e. The Morgan fingerprint density at radius 1 is 1.10 bits per heavy atom. The first kappa shape index (κ1) is 17.5. The number of amides is 1. The van der Waals surface area contributed by atoms with Crippen LogP contribution in [0.5, 0.6) is 0 Å². The predicted molar refractivity (Wildman–Crippen MR) is 109 cm³/mol. The van der Waals surface area contributed by atoms with Crippen LogP contribution < -0.4 is 5.32 Å². The number of nitrogens with zero attached hydrogens (tertiary/aromatic N) is 4. The average molecular weight is 390 g/mol. The molecule has 1 aliphatic heterocycles. The van der Waals surface area contributed by atoms with Crippen LogP contribution in [0.4, 0.5) is 15.9 Å². The molecule has 4 aromatic rings. The van der Waals surface area contributed by atoms with Crippen molar-refractivity contribution in [1.29, 1.82) is 0 Å². The molecular formula is C21H19FN6O. The van der Waals surface area contributed by atoms with Gasteiger partial charge in [0.15, 0.2) is 11.5 Å². The first-order valence-electron chi connectivity index (χ1n) is 9.57. The molecule has 2 N–H and O–H groups in total. The maximum atomic E-state index is 13.4. The Balaban J connectivity index is 1.45. The van der Waals surface area contributed by atoms with Crippen molar-refractivity contribution in [2.45, 2.75) is 19.0 Å². The summed E-state index contributed by atoms with van der Waals surface area (Å²) in [7, 11) is 0. The zero-order valence-electron chi connectivity index (χ0n) is 15.6. The molecule has 5 rings (SSSR count). The lowest BCUT2D eigenvalue weighted by molar-refractivity contribution is 0.0663. The number of carbonyl (C=O) groups excluding carboxylic acids is 1. The molecule has 0 saturated carbocycles. The van der Waals surface area contributed by atoms with Crippen molar-refractivity contribution in [1.82, 2.24) is 25.1 Å². The van der Waals surface area contributed by atoms with E-state index in [0.29, 0.717) is 43.1 Å². The number of benzene rings is 1. The summed E-state index contributed by atoms with van der Waals surface area (Å²) in [6.45, 7) is 0.857. The minimum Gasteiger partial charge on any atom is -0.338 e. The highest BCUT2D eigenvalue weighted by molar-refractivity contribution is 6.06. The number of aromatic amines is 1. The number of likely N-dealkylation sites (tertiary alicyclic amines) is 1. The van der Waals surface area contributed by atoms with Gasteiger partial charge >= 0.3 is 0 Å². The molecule has 1 aromatic carbocycles. The van der Waals surface area contributed by atoms with Crippen molar-refractivity contribution >= 4 is 39.2 Å². The van der Waals surface area contributed by atoms with Gasteiger partial charge in [-0.2, -0.15) is 5.10 Å². The third-order valence-corrected chi connectivity index (χ3v) is 5.28. The molecule has 0 unspecified atom stereocenters. The second-order valence-electron chi connectivity index (χ2n) is 7.16. The molecule has 7 nitrogen and oxygen atoms in total. The van der Waals surface area contributed by atoms with E-state index in [0.717, 1.165) is 21.8 Å². The fourth-order valence-electron chi connectivity index (χ4n) is 3.71. The van der Waals surface area contributed by atoms with Gasteiger partial charge in [0.1, 0.15) is 11.9 Å². The molecule has 1 fully saturated rings. The second kappa shape index (κ2) is 7.12. The van der Waals surface area contributed by atoms with E-state index < -0.39 is 6.17 Å². The van der Waals surface area contributed by atoms with Crippen molar-refractivity contribution < 1.29 is 9.18 Å². The highest BCUT2D eigenvalue weighted by Crippen LogP contribution is 2.27. The van der Waals surface area contributed by atoms with Crippen LogP contribution in [0.2, 0.25) is 0 Å². The quantitative estimate of drug-likeness (QED) is 0.555. The second-order valence-corrected chi connectivity index (χ2v) is 7.16. The summed E-state index contributed by atoms with van der Waals surface area (Å²) < 4.78 is 13.4. The number of nitrogens with one attached hydrogen (secondary N) is 2. The molecule has 0 spiro atoms. The number of alkyl halides is 1. The summed E-state index contributed by atoms with van der Waals surface area (Å²) in [5, 5.41) is 13.0. The van der Waals surface area contributed by atoms with E-state index in [1.165, 1.54) is 0 Å². The molecule has 8 heteroatoms. The number of hydrogen-bond donors (Lipinski definition) is 2. The summed E-state index contributed by atoms with van der Waals surface area (Å²) in [4.78, 5) is 23.2. The molecule has 1 saturated heterocycles. The number of piperidine rings is 1. The third-order valence-electron chi connectivity index (χ3n) is 5.28. The summed E-state index contributed by atoms with van der Waals surface area (Å²) >= 11 is 0. The SMILES string of the molecule is O=C(c1nccc2cc(Nc3n[nH]c4ncccc34)ccc12)N1CCC(F)CC1. The topological polar surface area (TPSA) is 86.8 Å². The number of H-pyrrole nitrogens is 1. The number of aromatic nitrogens is 4. The van der Waals surface area contributed by atoms with Gasteiger partial charge < -0.3 is 10.2 Å². The Kier molecular flexibility index (Phi) is 4.31. The Hall–Kier alpha value is -3.55. The molecule has 0 bridgehead atoms. The van der Waals surface area contributed by atoms with Gasteiger partial charge in [-0.05, 0) is 54.6 Å². The molecule has 29 heavy (non-hydrogen) atoms. The van der Waals surface area contributed by atoms with Crippen molar-refractivity contribution in [2.24, 2.45) is 0 Å². The van der Waals surface area contributed by atoms with Crippen molar-refractivity contribution in [2.75, 3.05) is 18.4 Å². The van der Waals surface area contributed by atoms with E-state index in [2.05, 4.69) is 25.5 Å². The van der Waals surface area contributed by atoms with Gasteiger partial charge in [0.05, 0.1) is 5.39 Å². The van der Waals surface area contributed by atoms with Crippen molar-refractivity contribution in [3.05, 3.63) is 54.5 Å². The fraction of sp³-hybridized carbons (Fsp3) is 0.238. The van der Waals surface area contributed by atoms with E-state index in [4.69, 9.17) is 0 Å². The zero-order valence-corrected chi connectivity index (χ0v) is 15.6. The van der Waals surface area contributed by atoms with Crippen LogP contribution in [0.15, 0.2) is 48.8 Å². The number of hydrogen-bond acceptors (Lipinski definition) is 5. The summed E-state index contributed by atoms with van der Waals surface area (Å²) in [6.07, 6.45) is 3.30. The maximum Gasteiger partial charge on any atom is 0.273 e. The van der Waals surface area contributed by atoms with Gasteiger partial charge in [0, 0.05) is 36.6 Å². The first-order chi connectivity index (χ1) is 14.2. The minimum absolute atomic E-state index is 0.146. The van der Waals surface area contributed by atoms with Crippen LogP contribution in [0.1, 0.15) is 23.3 Å². The standard InChI is InChI=1S/C21H19FN6O/c22-14-6-10-28(11-7-14)21(29)18-16-4-3-15(12-13(16)5-9-23-18)25-20-17-2-1-8-24-19(17)26-27-20/h1-5,8-9,12,14H,6-7,10-11H2,(H2,24,25,26,27). The Bertz CT molecular complexity index is 1200. The van der Waals surface area contributed by atoms with Crippen LogP contribution in [0.3, 0.4) is 0 Å². The van der Waals surface area contributed by atoms with E-state index in [1.807, 2.05) is 36.4 Å². The zero-order chi connectivity index (χ0) is 19.8. The van der Waals surface area contributed by atoms with E-state index in [1.54, 1.807) is 17.3 Å². The van der Waals surface area contributed by atoms with Gasteiger partial charge in [0.2, 0.25) is 0 Å². The highest BCUT2D eigenvalue weighted by atomic mass is 19.1. The normalized spacial score (nSPS) is 15.1. The number of rotatable bonds is 3. The average Bonchev–Trinajstić information content (AvgIpc) is 3.16. The van der Waals surface area contributed by atoms with E-state index in [9.17, 15) is 9.18 Å². The lowest BCUT2D eigenvalue weighted by atomic mass is 10.1. The Labute approximate surface area is 166 Å². The first-order valence-corrected chi connectivity index (χ1v) is 9.57. The molecule has 1 aliphatic rings. The van der Waals surface area contributed by atoms with Gasteiger partial charge in [0.25, 0.3) is 5.91 Å². The lowest BCUT2D eigenvalue weighted by Crippen LogP contribution is -2.39. The number of fused-ring (bicyclic) bond motifs is 2. The van der Waals surface area contributed by atoms with Gasteiger partial charge in [-0.15, -0.1) is 0 Å². The number of halogens is 1. The number of carbonyl (C=O) groups is 1. The smallest absolute Gasteiger partial charge is 0.273 e. The number of pyridine rings is 2. The molecule has 4 heterocycles. The fourth-order valence-corrected chi connectivity index (χ4v) is 3.71. The summed E-state index contributed by atoms with van der Waals surface area (Å²) in [5.74, 6) is 0.541. The minimum atomic E-state index is -0.818. The van der Waals surface area contributed by atoms with Gasteiger partial charge in [-0.25, -0.2) is 9.37 Å². The van der Waals surface area contributed by atoms with Gasteiger partial charge in [-0.3, -0.25) is 14.9 Å². The molecular weight excluding hydrogens is 371 g/mol. The van der Waals surface area contributed by atoms with E-state index in [-0.39, 0.29) is 5.91 Å². The van der Waals surface area contributed by atoms with Crippen LogP contribution >= 0.6 is 0 Å². The van der Waals surface area contributed by atoms with Crippen LogP contribution in [-0.2, 0) is 0 Å². The van der Waals surface area contributed by atoms with Crippen LogP contribution in [0, 0.1) is 0 Å². The Morgan fingerprint density at radius 2 is 1.97 bits per heavy atom. The molecule has 146 valence electrons. The number of anilines is 2. The monoisotopic (exact) mass is 390 g/mol. The van der Waals surface area contributed by atoms with Crippen molar-refractivity contribution in [3.8, 4) is 0 Å². The highest BCUT2D eigenvalue weighted by Gasteiger charge is 2.25. The third kappa shape index (κ3) is 3.26. The summed E-state index contributed by atoms with van der Waals surface area (Å²) in [6, 6.07) is 11.4. The maximum absolute atomic E-state index is 13.4. The van der Waals surface area contributed by atoms with E-state index >= 15 is 0 Å². The molecule has 1 amide bonds. The Morgan fingerprint density at radius 3 is 2.83 bits per heavy atom. The van der Waals surface area contributed by atoms with Crippen molar-refractivity contribution in [3.63, 3.8) is 0 Å². The summed E-state index contributed by atoms with van der Waals surface area (Å²) in [5.41, 5.74) is 1.96. The molecule has 0 atom stereocenters. The van der Waals surface area contributed by atoms with Crippen LogP contribution in [-0.4, -0.2) is 50.2 Å². The molecule has 3 aromatic heterocycles.